The zero-order valence-electron chi connectivity index (χ0n) is 13.1. The molecule has 0 spiro atoms. The standard InChI is InChI=1S/C17H19N5O/c1-20-9-4-6-15(20)16(23)22-10-3-2-5-14(22)13-7-11-21-12-8-18-17(21)19-13/h4,6-9,11-12,14H,2-3,5,10H2,1H3/t14-/m0/s1. The van der Waals surface area contributed by atoms with Gasteiger partial charge in [-0.05, 0) is 37.5 Å². The van der Waals surface area contributed by atoms with Crippen LogP contribution >= 0.6 is 0 Å². The third-order valence-corrected chi connectivity index (χ3v) is 4.55. The molecule has 4 rings (SSSR count). The average molecular weight is 309 g/mol. The Hall–Kier alpha value is -2.63. The fraction of sp³-hybridized carbons (Fsp3) is 0.353. The molecule has 0 bridgehead atoms. The molecule has 1 aliphatic heterocycles. The van der Waals surface area contributed by atoms with E-state index in [4.69, 9.17) is 0 Å². The van der Waals surface area contributed by atoms with Crippen LogP contribution in [0.15, 0.2) is 43.0 Å². The number of carbonyl (C=O) groups is 1. The van der Waals surface area contributed by atoms with Crippen molar-refractivity contribution in [1.82, 2.24) is 23.8 Å². The number of fused-ring (bicyclic) bond motifs is 1. The van der Waals surface area contributed by atoms with Crippen molar-refractivity contribution in [3.63, 3.8) is 0 Å². The van der Waals surface area contributed by atoms with E-state index in [-0.39, 0.29) is 11.9 Å². The third-order valence-electron chi connectivity index (χ3n) is 4.55. The maximum Gasteiger partial charge on any atom is 0.271 e. The number of aryl methyl sites for hydroxylation is 1. The number of hydrogen-bond donors (Lipinski definition) is 0. The largest absolute Gasteiger partial charge is 0.347 e. The molecule has 1 aliphatic rings. The van der Waals surface area contributed by atoms with Gasteiger partial charge < -0.3 is 9.47 Å². The molecule has 0 aromatic carbocycles. The lowest BCUT2D eigenvalue weighted by molar-refractivity contribution is 0.0596. The van der Waals surface area contributed by atoms with E-state index in [0.717, 1.165) is 37.2 Å². The molecule has 0 unspecified atom stereocenters. The number of rotatable bonds is 2. The molecular weight excluding hydrogens is 290 g/mol. The van der Waals surface area contributed by atoms with Crippen molar-refractivity contribution in [2.24, 2.45) is 7.05 Å². The van der Waals surface area contributed by atoms with E-state index in [9.17, 15) is 4.79 Å². The Labute approximate surface area is 134 Å². The van der Waals surface area contributed by atoms with Crippen LogP contribution < -0.4 is 0 Å². The van der Waals surface area contributed by atoms with Gasteiger partial charge in [0.2, 0.25) is 5.78 Å². The second kappa shape index (κ2) is 5.53. The first-order chi connectivity index (χ1) is 11.2. The van der Waals surface area contributed by atoms with Gasteiger partial charge in [-0.25, -0.2) is 9.97 Å². The quantitative estimate of drug-likeness (QED) is 0.730. The van der Waals surface area contributed by atoms with Gasteiger partial charge in [-0.15, -0.1) is 0 Å². The normalized spacial score (nSPS) is 18.5. The van der Waals surface area contributed by atoms with Crippen molar-refractivity contribution in [3.8, 4) is 0 Å². The van der Waals surface area contributed by atoms with Crippen LogP contribution in [0.4, 0.5) is 0 Å². The summed E-state index contributed by atoms with van der Waals surface area (Å²) < 4.78 is 3.76. The second-order valence-corrected chi connectivity index (χ2v) is 6.00. The molecule has 23 heavy (non-hydrogen) atoms. The summed E-state index contributed by atoms with van der Waals surface area (Å²) in [6, 6.07) is 5.80. The van der Waals surface area contributed by atoms with E-state index >= 15 is 0 Å². The number of likely N-dealkylation sites (tertiary alicyclic amines) is 1. The van der Waals surface area contributed by atoms with E-state index in [1.165, 1.54) is 0 Å². The van der Waals surface area contributed by atoms with Gasteiger partial charge in [-0.2, -0.15) is 0 Å². The summed E-state index contributed by atoms with van der Waals surface area (Å²) in [5.74, 6) is 0.756. The topological polar surface area (TPSA) is 55.4 Å². The predicted octanol–water partition coefficient (Wildman–Crippen LogP) is 2.44. The lowest BCUT2D eigenvalue weighted by atomic mass is 9.98. The van der Waals surface area contributed by atoms with Crippen molar-refractivity contribution >= 4 is 11.7 Å². The molecule has 118 valence electrons. The minimum absolute atomic E-state index is 0.0212. The van der Waals surface area contributed by atoms with E-state index < -0.39 is 0 Å². The lowest BCUT2D eigenvalue weighted by Gasteiger charge is -2.35. The van der Waals surface area contributed by atoms with Crippen LogP contribution in [-0.2, 0) is 7.05 Å². The molecule has 3 aromatic heterocycles. The Morgan fingerprint density at radius 2 is 2.13 bits per heavy atom. The van der Waals surface area contributed by atoms with Gasteiger partial charge in [0.15, 0.2) is 0 Å². The molecule has 6 heteroatoms. The van der Waals surface area contributed by atoms with E-state index in [2.05, 4.69) is 9.97 Å². The summed E-state index contributed by atoms with van der Waals surface area (Å²) in [6.45, 7) is 0.774. The number of imidazole rings is 1. The monoisotopic (exact) mass is 309 g/mol. The molecule has 1 amide bonds. The molecule has 6 nitrogen and oxygen atoms in total. The highest BCUT2D eigenvalue weighted by atomic mass is 16.2. The molecule has 0 aliphatic carbocycles. The highest BCUT2D eigenvalue weighted by Gasteiger charge is 2.30. The molecule has 0 saturated carbocycles. The highest BCUT2D eigenvalue weighted by Crippen LogP contribution is 2.31. The van der Waals surface area contributed by atoms with Crippen LogP contribution in [0.5, 0.6) is 0 Å². The molecule has 1 atom stereocenters. The van der Waals surface area contributed by atoms with Crippen LogP contribution in [-0.4, -0.2) is 36.3 Å². The highest BCUT2D eigenvalue weighted by molar-refractivity contribution is 5.93. The summed E-state index contributed by atoms with van der Waals surface area (Å²) >= 11 is 0. The van der Waals surface area contributed by atoms with Gasteiger partial charge in [0, 0.05) is 38.4 Å². The Bertz CT molecular complexity index is 849. The Morgan fingerprint density at radius 3 is 2.96 bits per heavy atom. The second-order valence-electron chi connectivity index (χ2n) is 6.00. The van der Waals surface area contributed by atoms with Crippen molar-refractivity contribution in [3.05, 3.63) is 54.4 Å². The number of hydrogen-bond acceptors (Lipinski definition) is 3. The Balaban J connectivity index is 1.70. The zero-order chi connectivity index (χ0) is 15.8. The van der Waals surface area contributed by atoms with E-state index in [0.29, 0.717) is 5.78 Å². The van der Waals surface area contributed by atoms with Gasteiger partial charge >= 0.3 is 0 Å². The van der Waals surface area contributed by atoms with Crippen LogP contribution in [0, 0.1) is 0 Å². The zero-order valence-corrected chi connectivity index (χ0v) is 13.1. The molecule has 4 heterocycles. The van der Waals surface area contributed by atoms with Crippen LogP contribution in [0.3, 0.4) is 0 Å². The van der Waals surface area contributed by atoms with Crippen molar-refractivity contribution < 1.29 is 4.79 Å². The SMILES string of the molecule is Cn1cccc1C(=O)N1CCCC[C@H]1c1ccn2ccnc2n1. The molecule has 0 N–H and O–H groups in total. The van der Waals surface area contributed by atoms with Crippen LogP contribution in [0.2, 0.25) is 0 Å². The minimum Gasteiger partial charge on any atom is -0.347 e. The first kappa shape index (κ1) is 14.0. The summed E-state index contributed by atoms with van der Waals surface area (Å²) in [7, 11) is 1.90. The number of nitrogens with zero attached hydrogens (tertiary/aromatic N) is 5. The summed E-state index contributed by atoms with van der Waals surface area (Å²) in [5, 5.41) is 0. The maximum absolute atomic E-state index is 12.9. The smallest absolute Gasteiger partial charge is 0.271 e. The lowest BCUT2D eigenvalue weighted by Crippen LogP contribution is -2.39. The fourth-order valence-electron chi connectivity index (χ4n) is 3.32. The number of carbonyl (C=O) groups excluding carboxylic acids is 1. The van der Waals surface area contributed by atoms with E-state index in [1.54, 1.807) is 6.20 Å². The third kappa shape index (κ3) is 2.40. The summed E-state index contributed by atoms with van der Waals surface area (Å²) in [6.07, 6.45) is 10.6. The average Bonchev–Trinajstić information content (AvgIpc) is 3.22. The molecule has 3 aromatic rings. The maximum atomic E-state index is 12.9. The van der Waals surface area contributed by atoms with E-state index in [1.807, 2.05) is 57.7 Å². The fourth-order valence-corrected chi connectivity index (χ4v) is 3.32. The molecule has 1 fully saturated rings. The van der Waals surface area contributed by atoms with Gasteiger partial charge in [0.05, 0.1) is 11.7 Å². The van der Waals surface area contributed by atoms with Gasteiger partial charge in [0.25, 0.3) is 5.91 Å². The van der Waals surface area contributed by atoms with Gasteiger partial charge in [0.1, 0.15) is 5.69 Å². The minimum atomic E-state index is 0.0212. The van der Waals surface area contributed by atoms with Crippen molar-refractivity contribution in [2.75, 3.05) is 6.54 Å². The first-order valence-electron chi connectivity index (χ1n) is 7.96. The van der Waals surface area contributed by atoms with Crippen LogP contribution in [0.1, 0.15) is 41.5 Å². The number of piperidine rings is 1. The van der Waals surface area contributed by atoms with Gasteiger partial charge in [-0.3, -0.25) is 9.20 Å². The Kier molecular flexibility index (Phi) is 3.37. The molecule has 1 saturated heterocycles. The van der Waals surface area contributed by atoms with Crippen LogP contribution in [0.25, 0.3) is 5.78 Å². The number of aromatic nitrogens is 4. The first-order valence-corrected chi connectivity index (χ1v) is 7.96. The summed E-state index contributed by atoms with van der Waals surface area (Å²) in [4.78, 5) is 23.8. The van der Waals surface area contributed by atoms with Crippen molar-refractivity contribution in [2.45, 2.75) is 25.3 Å². The molecule has 0 radical (unpaired) electrons. The van der Waals surface area contributed by atoms with Gasteiger partial charge in [-0.1, -0.05) is 0 Å². The summed E-state index contributed by atoms with van der Waals surface area (Å²) in [5.41, 5.74) is 1.64. The molecular formula is C17H19N5O. The number of amides is 1. The Morgan fingerprint density at radius 1 is 1.22 bits per heavy atom. The van der Waals surface area contributed by atoms with Crippen molar-refractivity contribution in [1.29, 1.82) is 0 Å². The predicted molar refractivity (Wildman–Crippen MR) is 86.0 cm³/mol.